The van der Waals surface area contributed by atoms with Crippen molar-refractivity contribution in [3.63, 3.8) is 0 Å². The van der Waals surface area contributed by atoms with Crippen LogP contribution in [0, 0.1) is 0 Å². The molecule has 0 bridgehead atoms. The van der Waals surface area contributed by atoms with Crippen LogP contribution in [-0.4, -0.2) is 30.0 Å². The highest BCUT2D eigenvalue weighted by atomic mass is 79.9. The highest BCUT2D eigenvalue weighted by Crippen LogP contribution is 2.43. The van der Waals surface area contributed by atoms with Gasteiger partial charge in [0.25, 0.3) is 5.91 Å². The van der Waals surface area contributed by atoms with Crippen molar-refractivity contribution in [2.45, 2.75) is 26.0 Å². The predicted molar refractivity (Wildman–Crippen MR) is 143 cm³/mol. The van der Waals surface area contributed by atoms with Crippen molar-refractivity contribution < 1.29 is 28.6 Å². The maximum absolute atomic E-state index is 13.8. The Balaban J connectivity index is 1.66. The van der Waals surface area contributed by atoms with Crippen molar-refractivity contribution in [3.05, 3.63) is 99.9 Å². The van der Waals surface area contributed by atoms with Gasteiger partial charge >= 0.3 is 0 Å². The molecule has 1 N–H and O–H groups in total. The molecule has 0 aliphatic carbocycles. The third kappa shape index (κ3) is 4.60. The molecule has 3 aromatic carbocycles. The van der Waals surface area contributed by atoms with Crippen molar-refractivity contribution in [3.8, 4) is 11.5 Å². The molecule has 8 heteroatoms. The van der Waals surface area contributed by atoms with E-state index in [0.717, 1.165) is 9.86 Å². The number of nitrogens with zero attached hydrogens (tertiary/aromatic N) is 1. The lowest BCUT2D eigenvalue weighted by Gasteiger charge is -2.27. The molecule has 4 aromatic rings. The molecule has 1 unspecified atom stereocenters. The minimum atomic E-state index is -0.928. The predicted octanol–water partition coefficient (Wildman–Crippen LogP) is 6.77. The number of aliphatic hydroxyl groups is 1. The topological polar surface area (TPSA) is 89.2 Å². The molecule has 37 heavy (non-hydrogen) atoms. The maximum atomic E-state index is 13.8. The molecule has 1 aliphatic heterocycles. The minimum absolute atomic E-state index is 0.0227. The molecule has 0 saturated carbocycles. The molecule has 2 heterocycles. The van der Waals surface area contributed by atoms with Crippen LogP contribution in [0.2, 0.25) is 0 Å². The first-order chi connectivity index (χ1) is 17.8. The largest absolute Gasteiger partial charge is 0.503 e. The first kappa shape index (κ1) is 24.6. The summed E-state index contributed by atoms with van der Waals surface area (Å²) in [4.78, 5) is 28.7. The molecule has 0 spiro atoms. The van der Waals surface area contributed by atoms with E-state index < -0.39 is 23.5 Å². The number of furan rings is 1. The molecule has 0 radical (unpaired) electrons. The van der Waals surface area contributed by atoms with Crippen LogP contribution in [0.5, 0.6) is 11.5 Å². The average molecular weight is 562 g/mol. The summed E-state index contributed by atoms with van der Waals surface area (Å²) in [6, 6.07) is 20.1. The quantitative estimate of drug-likeness (QED) is 0.250. The van der Waals surface area contributed by atoms with Crippen molar-refractivity contribution in [2.24, 2.45) is 0 Å². The highest BCUT2D eigenvalue weighted by molar-refractivity contribution is 9.10. The van der Waals surface area contributed by atoms with Gasteiger partial charge in [-0.1, -0.05) is 34.1 Å². The van der Waals surface area contributed by atoms with Crippen LogP contribution in [-0.2, 0) is 4.79 Å². The van der Waals surface area contributed by atoms with Gasteiger partial charge in [0.1, 0.15) is 17.1 Å². The fourth-order valence-corrected chi connectivity index (χ4v) is 4.85. The van der Waals surface area contributed by atoms with Gasteiger partial charge in [0, 0.05) is 21.6 Å². The third-order valence-electron chi connectivity index (χ3n) is 6.03. The summed E-state index contributed by atoms with van der Waals surface area (Å²) >= 11 is 3.42. The monoisotopic (exact) mass is 561 g/mol. The van der Waals surface area contributed by atoms with Crippen molar-refractivity contribution in [1.82, 2.24) is 0 Å². The lowest BCUT2D eigenvalue weighted by Crippen LogP contribution is -2.31. The summed E-state index contributed by atoms with van der Waals surface area (Å²) in [5.74, 6) is -0.774. The second kappa shape index (κ2) is 9.78. The number of hydrogen-bond donors (Lipinski definition) is 1. The number of benzene rings is 3. The van der Waals surface area contributed by atoms with Gasteiger partial charge in [-0.3, -0.25) is 14.5 Å². The number of methoxy groups -OCH3 is 1. The Morgan fingerprint density at radius 3 is 2.54 bits per heavy atom. The number of aliphatic hydroxyl groups excluding tert-OH is 1. The van der Waals surface area contributed by atoms with Gasteiger partial charge in [0.15, 0.2) is 11.5 Å². The van der Waals surface area contributed by atoms with E-state index in [1.807, 2.05) is 26.0 Å². The molecule has 5 rings (SSSR count). The molecular formula is C29H24BrNO6. The summed E-state index contributed by atoms with van der Waals surface area (Å²) in [6.45, 7) is 3.82. The van der Waals surface area contributed by atoms with Crippen LogP contribution in [0.25, 0.3) is 11.0 Å². The molecule has 0 saturated heterocycles. The normalized spacial score (nSPS) is 15.6. The molecule has 1 aromatic heterocycles. The Kier molecular flexibility index (Phi) is 6.52. The smallest absolute Gasteiger partial charge is 0.294 e. The molecule has 1 atom stereocenters. The number of halogens is 1. The number of rotatable bonds is 7. The summed E-state index contributed by atoms with van der Waals surface area (Å²) in [5.41, 5.74) is 1.50. The summed E-state index contributed by atoms with van der Waals surface area (Å²) in [5, 5.41) is 11.8. The van der Waals surface area contributed by atoms with E-state index in [1.54, 1.807) is 60.7 Å². The SMILES string of the molecule is COc1cccc(N2C(=O)C(O)=C(C(=O)c3cc4cc(Br)ccc4o3)C2c2cccc(OC(C)C)c2)c1. The maximum Gasteiger partial charge on any atom is 0.294 e. The number of Topliss-reactive ketones (excluding diaryl/α,β-unsaturated/α-hetero) is 1. The van der Waals surface area contributed by atoms with Crippen molar-refractivity contribution in [2.75, 3.05) is 12.0 Å². The standard InChI is InChI=1S/C29H24BrNO6/c1-16(2)36-22-9-4-6-17(13-22)26-25(27(32)24-14-18-12-19(30)10-11-23(18)37-24)28(33)29(34)31(26)20-7-5-8-21(15-20)35-3/h4-16,26,33H,1-3H3. The Bertz CT molecular complexity index is 1550. The van der Waals surface area contributed by atoms with Crippen LogP contribution < -0.4 is 14.4 Å². The summed E-state index contributed by atoms with van der Waals surface area (Å²) in [6.07, 6.45) is -0.0742. The number of amides is 1. The van der Waals surface area contributed by atoms with Crippen molar-refractivity contribution >= 4 is 44.3 Å². The minimum Gasteiger partial charge on any atom is -0.503 e. The van der Waals surface area contributed by atoms with Gasteiger partial charge in [-0.05, 0) is 67.9 Å². The highest BCUT2D eigenvalue weighted by Gasteiger charge is 2.45. The van der Waals surface area contributed by atoms with E-state index in [4.69, 9.17) is 13.9 Å². The number of fused-ring (bicyclic) bond motifs is 1. The molecule has 7 nitrogen and oxygen atoms in total. The zero-order chi connectivity index (χ0) is 26.3. The number of hydrogen-bond acceptors (Lipinski definition) is 6. The fraction of sp³-hybridized carbons (Fsp3) is 0.172. The van der Waals surface area contributed by atoms with Gasteiger partial charge in [0.2, 0.25) is 5.78 Å². The van der Waals surface area contributed by atoms with E-state index in [-0.39, 0.29) is 17.4 Å². The average Bonchev–Trinajstić information content (AvgIpc) is 3.41. The lowest BCUT2D eigenvalue weighted by atomic mass is 9.94. The van der Waals surface area contributed by atoms with Crippen LogP contribution in [0.15, 0.2) is 93.0 Å². The fourth-order valence-electron chi connectivity index (χ4n) is 4.47. The van der Waals surface area contributed by atoms with E-state index in [0.29, 0.717) is 28.3 Å². The Morgan fingerprint density at radius 1 is 1.03 bits per heavy atom. The third-order valence-corrected chi connectivity index (χ3v) is 6.53. The van der Waals surface area contributed by atoms with Crippen LogP contribution in [0.4, 0.5) is 5.69 Å². The number of carbonyl (C=O) groups is 2. The molecule has 1 aliphatic rings. The molecular weight excluding hydrogens is 538 g/mol. The number of carbonyl (C=O) groups excluding carboxylic acids is 2. The van der Waals surface area contributed by atoms with Crippen LogP contribution in [0.1, 0.15) is 36.0 Å². The lowest BCUT2D eigenvalue weighted by molar-refractivity contribution is -0.117. The van der Waals surface area contributed by atoms with Crippen LogP contribution in [0.3, 0.4) is 0 Å². The van der Waals surface area contributed by atoms with Crippen LogP contribution >= 0.6 is 15.9 Å². The zero-order valence-electron chi connectivity index (χ0n) is 20.4. The first-order valence-electron chi connectivity index (χ1n) is 11.7. The van der Waals surface area contributed by atoms with Gasteiger partial charge in [0.05, 0.1) is 24.8 Å². The van der Waals surface area contributed by atoms with E-state index in [9.17, 15) is 14.7 Å². The number of ether oxygens (including phenoxy) is 2. The Hall–Kier alpha value is -4.04. The second-order valence-corrected chi connectivity index (χ2v) is 9.82. The van der Waals surface area contributed by atoms with Gasteiger partial charge in [-0.15, -0.1) is 0 Å². The second-order valence-electron chi connectivity index (χ2n) is 8.90. The van der Waals surface area contributed by atoms with Gasteiger partial charge in [-0.25, -0.2) is 0 Å². The Labute approximate surface area is 222 Å². The Morgan fingerprint density at radius 2 is 1.78 bits per heavy atom. The van der Waals surface area contributed by atoms with E-state index >= 15 is 0 Å². The summed E-state index contributed by atoms with van der Waals surface area (Å²) < 4.78 is 17.9. The van der Waals surface area contributed by atoms with Crippen molar-refractivity contribution in [1.29, 1.82) is 0 Å². The van der Waals surface area contributed by atoms with E-state index in [1.165, 1.54) is 12.0 Å². The molecule has 1 amide bonds. The van der Waals surface area contributed by atoms with E-state index in [2.05, 4.69) is 15.9 Å². The zero-order valence-corrected chi connectivity index (χ0v) is 22.0. The number of anilines is 1. The molecule has 188 valence electrons. The summed E-state index contributed by atoms with van der Waals surface area (Å²) in [7, 11) is 1.53. The number of ketones is 1. The van der Waals surface area contributed by atoms with Gasteiger partial charge < -0.3 is 19.0 Å². The first-order valence-corrected chi connectivity index (χ1v) is 12.5. The van der Waals surface area contributed by atoms with Gasteiger partial charge in [-0.2, -0.15) is 0 Å². The molecule has 0 fully saturated rings.